The fourth-order valence-corrected chi connectivity index (χ4v) is 3.06. The Labute approximate surface area is 189 Å². The topological polar surface area (TPSA) is 132 Å². The molecule has 0 aliphatic heterocycles. The molecule has 0 unspecified atom stereocenters. The van der Waals surface area contributed by atoms with E-state index in [2.05, 4.69) is 10.6 Å². The number of para-hydroxylation sites is 1. The van der Waals surface area contributed by atoms with E-state index in [-0.39, 0.29) is 19.0 Å². The smallest absolute Gasteiger partial charge is 0.322 e. The highest BCUT2D eigenvalue weighted by atomic mass is 16.7. The molecule has 2 aromatic rings. The summed E-state index contributed by atoms with van der Waals surface area (Å²) in [6, 6.07) is 14.1. The van der Waals surface area contributed by atoms with Crippen LogP contribution in [0.25, 0.3) is 0 Å². The third-order valence-electron chi connectivity index (χ3n) is 4.68. The molecule has 174 valence electrons. The van der Waals surface area contributed by atoms with Crippen molar-refractivity contribution >= 4 is 23.3 Å². The van der Waals surface area contributed by atoms with Crippen molar-refractivity contribution in [3.05, 3.63) is 59.7 Å². The molecule has 32 heavy (non-hydrogen) atoms. The molecule has 0 spiro atoms. The third kappa shape index (κ3) is 7.61. The molecule has 3 amide bonds. The van der Waals surface area contributed by atoms with Gasteiger partial charge in [-0.05, 0) is 43.2 Å². The molecule has 0 saturated carbocycles. The second-order valence-corrected chi connectivity index (χ2v) is 6.89. The average Bonchev–Trinajstić information content (AvgIpc) is 2.81. The normalized spacial score (nSPS) is 10.8. The first-order chi connectivity index (χ1) is 15.5. The van der Waals surface area contributed by atoms with Crippen molar-refractivity contribution in [1.29, 1.82) is 0 Å². The molecule has 0 atom stereocenters. The van der Waals surface area contributed by atoms with Crippen LogP contribution >= 0.6 is 0 Å². The van der Waals surface area contributed by atoms with E-state index in [4.69, 9.17) is 20.9 Å². The van der Waals surface area contributed by atoms with Crippen LogP contribution in [0.15, 0.2) is 48.5 Å². The number of urea groups is 1. The number of carbonyl (C=O) groups is 2. The van der Waals surface area contributed by atoms with Crippen LogP contribution < -0.4 is 27.0 Å². The highest BCUT2D eigenvalue weighted by molar-refractivity contribution is 5.98. The lowest BCUT2D eigenvalue weighted by Crippen LogP contribution is -2.47. The van der Waals surface area contributed by atoms with Crippen LogP contribution in [0.5, 0.6) is 0 Å². The number of ether oxygens (including phenoxy) is 2. The van der Waals surface area contributed by atoms with Crippen molar-refractivity contribution in [3.8, 4) is 0 Å². The van der Waals surface area contributed by atoms with E-state index in [1.807, 2.05) is 44.2 Å². The molecule has 9 nitrogen and oxygen atoms in total. The van der Waals surface area contributed by atoms with Gasteiger partial charge in [0.25, 0.3) is 0 Å². The number of benzene rings is 2. The van der Waals surface area contributed by atoms with Gasteiger partial charge in [-0.1, -0.05) is 30.3 Å². The molecule has 0 aromatic heterocycles. The van der Waals surface area contributed by atoms with Crippen LogP contribution in [0.2, 0.25) is 0 Å². The van der Waals surface area contributed by atoms with Crippen molar-refractivity contribution < 1.29 is 19.1 Å². The van der Waals surface area contributed by atoms with E-state index in [0.717, 1.165) is 11.1 Å². The molecule has 0 bridgehead atoms. The van der Waals surface area contributed by atoms with Crippen LogP contribution in [-0.2, 0) is 27.4 Å². The van der Waals surface area contributed by atoms with Gasteiger partial charge in [0.15, 0.2) is 6.29 Å². The average molecular weight is 444 g/mol. The van der Waals surface area contributed by atoms with Crippen molar-refractivity contribution in [2.24, 2.45) is 11.5 Å². The summed E-state index contributed by atoms with van der Waals surface area (Å²) in [6.07, 6.45) is -0.602. The van der Waals surface area contributed by atoms with E-state index in [0.29, 0.717) is 37.7 Å². The largest absolute Gasteiger partial charge is 0.351 e. The van der Waals surface area contributed by atoms with Crippen LogP contribution in [-0.4, -0.2) is 44.5 Å². The van der Waals surface area contributed by atoms with Gasteiger partial charge in [0.1, 0.15) is 0 Å². The minimum Gasteiger partial charge on any atom is -0.351 e. The zero-order chi connectivity index (χ0) is 23.3. The quantitative estimate of drug-likeness (QED) is 0.372. The van der Waals surface area contributed by atoms with Crippen LogP contribution in [0, 0.1) is 0 Å². The Morgan fingerprint density at radius 1 is 0.969 bits per heavy atom. The maximum absolute atomic E-state index is 13.0. The number of hydrogen-bond acceptors (Lipinski definition) is 6. The van der Waals surface area contributed by atoms with Gasteiger partial charge in [0.05, 0.1) is 13.1 Å². The van der Waals surface area contributed by atoms with Crippen molar-refractivity contribution in [2.75, 3.05) is 36.5 Å². The van der Waals surface area contributed by atoms with Gasteiger partial charge < -0.3 is 31.6 Å². The number of rotatable bonds is 12. The highest BCUT2D eigenvalue weighted by Crippen LogP contribution is 2.17. The Balaban J connectivity index is 2.09. The molecular weight excluding hydrogens is 410 g/mol. The number of amides is 3. The van der Waals surface area contributed by atoms with Gasteiger partial charge in [-0.3, -0.25) is 9.69 Å². The maximum atomic E-state index is 13.0. The monoisotopic (exact) mass is 443 g/mol. The second kappa shape index (κ2) is 13.4. The number of nitrogens with zero attached hydrogens (tertiary/aromatic N) is 1. The maximum Gasteiger partial charge on any atom is 0.322 e. The summed E-state index contributed by atoms with van der Waals surface area (Å²) < 4.78 is 11.2. The van der Waals surface area contributed by atoms with Gasteiger partial charge in [-0.25, -0.2) is 4.79 Å². The lowest BCUT2D eigenvalue weighted by atomic mass is 10.2. The van der Waals surface area contributed by atoms with Gasteiger partial charge in [-0.2, -0.15) is 0 Å². The predicted molar refractivity (Wildman–Crippen MR) is 125 cm³/mol. The van der Waals surface area contributed by atoms with Crippen LogP contribution in [0.1, 0.15) is 25.0 Å². The molecule has 2 rings (SSSR count). The molecule has 0 heterocycles. The molecule has 6 N–H and O–H groups in total. The molecule has 0 radical (unpaired) electrons. The number of hydrogen-bond donors (Lipinski definition) is 4. The Morgan fingerprint density at radius 3 is 2.22 bits per heavy atom. The summed E-state index contributed by atoms with van der Waals surface area (Å²) in [5.41, 5.74) is 14.4. The van der Waals surface area contributed by atoms with Gasteiger partial charge in [0, 0.05) is 37.7 Å². The summed E-state index contributed by atoms with van der Waals surface area (Å²) in [5, 5.41) is 5.44. The van der Waals surface area contributed by atoms with E-state index in [1.165, 1.54) is 4.90 Å². The first-order valence-corrected chi connectivity index (χ1v) is 10.7. The summed E-state index contributed by atoms with van der Waals surface area (Å²) >= 11 is 0. The molecule has 9 heteroatoms. The Kier molecular flexibility index (Phi) is 10.6. The summed E-state index contributed by atoms with van der Waals surface area (Å²) in [5.74, 6) is -0.358. The number of nitrogens with one attached hydrogen (secondary N) is 2. The second-order valence-electron chi connectivity index (χ2n) is 6.89. The lowest BCUT2D eigenvalue weighted by molar-refractivity contribution is -0.128. The Morgan fingerprint density at radius 2 is 1.62 bits per heavy atom. The standard InChI is InChI=1S/C23H33N5O4/c1-3-31-22(32-4-2)16-28(19-11-9-17(13-24)10-12-19)23(30)26-15-21(29)27-20-8-6-5-7-18(20)14-25/h5-12,22H,3-4,13-16,24-25H2,1-2H3,(H,26,30)(H,27,29). The van der Waals surface area contributed by atoms with Gasteiger partial charge >= 0.3 is 6.03 Å². The van der Waals surface area contributed by atoms with Crippen molar-refractivity contribution in [2.45, 2.75) is 33.2 Å². The summed E-state index contributed by atoms with van der Waals surface area (Å²) in [7, 11) is 0. The van der Waals surface area contributed by atoms with Gasteiger partial charge in [0.2, 0.25) is 5.91 Å². The zero-order valence-electron chi connectivity index (χ0n) is 18.7. The number of carbonyl (C=O) groups excluding carboxylic acids is 2. The molecule has 0 aliphatic rings. The van der Waals surface area contributed by atoms with Crippen LogP contribution in [0.3, 0.4) is 0 Å². The number of anilines is 2. The fourth-order valence-electron chi connectivity index (χ4n) is 3.06. The Hall–Kier alpha value is -2.98. The molecule has 0 saturated heterocycles. The van der Waals surface area contributed by atoms with Crippen molar-refractivity contribution in [3.63, 3.8) is 0 Å². The summed E-state index contributed by atoms with van der Waals surface area (Å²) in [4.78, 5) is 26.9. The van der Waals surface area contributed by atoms with E-state index >= 15 is 0 Å². The van der Waals surface area contributed by atoms with Crippen LogP contribution in [0.4, 0.5) is 16.2 Å². The lowest BCUT2D eigenvalue weighted by Gasteiger charge is -2.27. The predicted octanol–water partition coefficient (Wildman–Crippen LogP) is 2.16. The summed E-state index contributed by atoms with van der Waals surface area (Å²) in [6.45, 7) is 5.25. The minimum atomic E-state index is -0.602. The minimum absolute atomic E-state index is 0.160. The van der Waals surface area contributed by atoms with Crippen molar-refractivity contribution in [1.82, 2.24) is 5.32 Å². The first-order valence-electron chi connectivity index (χ1n) is 10.7. The third-order valence-corrected chi connectivity index (χ3v) is 4.68. The van der Waals surface area contributed by atoms with E-state index in [1.54, 1.807) is 18.2 Å². The molecule has 0 aliphatic carbocycles. The van der Waals surface area contributed by atoms with Gasteiger partial charge in [-0.15, -0.1) is 0 Å². The SMILES string of the molecule is CCOC(CN(C(=O)NCC(=O)Nc1ccccc1CN)c1ccc(CN)cc1)OCC. The zero-order valence-corrected chi connectivity index (χ0v) is 18.7. The highest BCUT2D eigenvalue weighted by Gasteiger charge is 2.22. The molecule has 2 aromatic carbocycles. The number of nitrogens with two attached hydrogens (primary N) is 2. The van der Waals surface area contributed by atoms with E-state index < -0.39 is 12.3 Å². The molecule has 0 fully saturated rings. The Bertz CT molecular complexity index is 854. The fraction of sp³-hybridized carbons (Fsp3) is 0.391. The molecular formula is C23H33N5O4. The van der Waals surface area contributed by atoms with E-state index in [9.17, 15) is 9.59 Å². The first kappa shape index (κ1) is 25.3.